The molecule has 1 amide bonds. The molecule has 1 aromatic rings. The van der Waals surface area contributed by atoms with E-state index in [1.807, 2.05) is 11.0 Å². The second-order valence-corrected chi connectivity index (χ2v) is 5.86. The van der Waals surface area contributed by atoms with Crippen molar-refractivity contribution in [2.45, 2.75) is 38.6 Å². The van der Waals surface area contributed by atoms with Gasteiger partial charge in [-0.15, -0.1) is 0 Å². The molecule has 0 saturated carbocycles. The molecular weight excluding hydrogens is 236 g/mol. The number of hydrogen-bond acceptors (Lipinski definition) is 2. The molecule has 3 nitrogen and oxygen atoms in total. The van der Waals surface area contributed by atoms with Gasteiger partial charge in [-0.25, -0.2) is 0 Å². The summed E-state index contributed by atoms with van der Waals surface area (Å²) in [5.74, 6) is 0.213. The van der Waals surface area contributed by atoms with Crippen LogP contribution in [0.3, 0.4) is 0 Å². The molecule has 0 aliphatic carbocycles. The van der Waals surface area contributed by atoms with Gasteiger partial charge in [-0.05, 0) is 56.4 Å². The highest BCUT2D eigenvalue weighted by Gasteiger charge is 2.25. The van der Waals surface area contributed by atoms with Crippen molar-refractivity contribution in [1.82, 2.24) is 4.90 Å². The van der Waals surface area contributed by atoms with Crippen LogP contribution in [0.1, 0.15) is 42.1 Å². The van der Waals surface area contributed by atoms with Crippen LogP contribution in [0.5, 0.6) is 0 Å². The SMILES string of the molecule is CC1CCCCN1C(=O)c1ccc2c(c1)CCN2C. The Morgan fingerprint density at radius 1 is 1.26 bits per heavy atom. The van der Waals surface area contributed by atoms with Crippen molar-refractivity contribution in [1.29, 1.82) is 0 Å². The molecular formula is C16H22N2O. The van der Waals surface area contributed by atoms with E-state index >= 15 is 0 Å². The molecule has 0 bridgehead atoms. The van der Waals surface area contributed by atoms with E-state index in [1.54, 1.807) is 0 Å². The van der Waals surface area contributed by atoms with Crippen LogP contribution in [0.4, 0.5) is 5.69 Å². The fourth-order valence-corrected chi connectivity index (χ4v) is 3.27. The Morgan fingerprint density at radius 3 is 2.89 bits per heavy atom. The molecule has 1 fully saturated rings. The molecule has 3 rings (SSSR count). The van der Waals surface area contributed by atoms with Crippen molar-refractivity contribution in [2.24, 2.45) is 0 Å². The predicted octanol–water partition coefficient (Wildman–Crippen LogP) is 2.69. The lowest BCUT2D eigenvalue weighted by Gasteiger charge is -2.33. The average molecular weight is 258 g/mol. The monoisotopic (exact) mass is 258 g/mol. The zero-order chi connectivity index (χ0) is 13.4. The Hall–Kier alpha value is -1.51. The molecule has 1 atom stereocenters. The maximum Gasteiger partial charge on any atom is 0.254 e. The number of likely N-dealkylation sites (tertiary alicyclic amines) is 1. The number of hydrogen-bond donors (Lipinski definition) is 0. The van der Waals surface area contributed by atoms with Gasteiger partial charge in [0.2, 0.25) is 0 Å². The summed E-state index contributed by atoms with van der Waals surface area (Å²) < 4.78 is 0. The van der Waals surface area contributed by atoms with Gasteiger partial charge in [0.1, 0.15) is 0 Å². The number of carbonyl (C=O) groups is 1. The highest BCUT2D eigenvalue weighted by molar-refractivity contribution is 5.95. The maximum absolute atomic E-state index is 12.6. The third kappa shape index (κ3) is 2.22. The molecule has 102 valence electrons. The topological polar surface area (TPSA) is 23.6 Å². The lowest BCUT2D eigenvalue weighted by atomic mass is 10.0. The Balaban J connectivity index is 1.84. The van der Waals surface area contributed by atoms with Crippen LogP contribution in [-0.4, -0.2) is 37.0 Å². The number of anilines is 1. The van der Waals surface area contributed by atoms with Crippen LogP contribution < -0.4 is 4.90 Å². The minimum atomic E-state index is 0.213. The zero-order valence-electron chi connectivity index (χ0n) is 11.9. The summed E-state index contributed by atoms with van der Waals surface area (Å²) in [5, 5.41) is 0. The fraction of sp³-hybridized carbons (Fsp3) is 0.562. The standard InChI is InChI=1S/C16H22N2O/c1-12-5-3-4-9-18(12)16(19)14-6-7-15-13(11-14)8-10-17(15)2/h6-7,11-12H,3-5,8-10H2,1-2H3. The number of likely N-dealkylation sites (N-methyl/N-ethyl adjacent to an activating group) is 1. The van der Waals surface area contributed by atoms with E-state index in [0.717, 1.165) is 37.9 Å². The van der Waals surface area contributed by atoms with E-state index in [9.17, 15) is 4.79 Å². The molecule has 2 aliphatic heterocycles. The molecule has 0 N–H and O–H groups in total. The summed E-state index contributed by atoms with van der Waals surface area (Å²) >= 11 is 0. The molecule has 0 aromatic heterocycles. The lowest BCUT2D eigenvalue weighted by Crippen LogP contribution is -2.42. The van der Waals surface area contributed by atoms with E-state index in [-0.39, 0.29) is 5.91 Å². The highest BCUT2D eigenvalue weighted by Crippen LogP contribution is 2.28. The van der Waals surface area contributed by atoms with Crippen molar-refractivity contribution in [3.8, 4) is 0 Å². The number of benzene rings is 1. The normalized spacial score (nSPS) is 22.5. The van der Waals surface area contributed by atoms with Crippen LogP contribution >= 0.6 is 0 Å². The lowest BCUT2D eigenvalue weighted by molar-refractivity contribution is 0.0635. The quantitative estimate of drug-likeness (QED) is 0.773. The summed E-state index contributed by atoms with van der Waals surface area (Å²) in [4.78, 5) is 16.9. The molecule has 1 unspecified atom stereocenters. The molecule has 0 radical (unpaired) electrons. The van der Waals surface area contributed by atoms with Gasteiger partial charge in [0.15, 0.2) is 0 Å². The first-order chi connectivity index (χ1) is 9.16. The van der Waals surface area contributed by atoms with Gasteiger partial charge in [0.25, 0.3) is 5.91 Å². The van der Waals surface area contributed by atoms with Gasteiger partial charge in [-0.3, -0.25) is 4.79 Å². The summed E-state index contributed by atoms with van der Waals surface area (Å²) in [6, 6.07) is 6.58. The number of piperidine rings is 1. The summed E-state index contributed by atoms with van der Waals surface area (Å²) in [7, 11) is 2.11. The summed E-state index contributed by atoms with van der Waals surface area (Å²) in [6.07, 6.45) is 4.59. The van der Waals surface area contributed by atoms with Gasteiger partial charge in [-0.2, -0.15) is 0 Å². The first-order valence-electron chi connectivity index (χ1n) is 7.32. The number of amides is 1. The highest BCUT2D eigenvalue weighted by atomic mass is 16.2. The van der Waals surface area contributed by atoms with Crippen LogP contribution in [0.2, 0.25) is 0 Å². The van der Waals surface area contributed by atoms with Gasteiger partial charge in [0.05, 0.1) is 0 Å². The van der Waals surface area contributed by atoms with Crippen molar-refractivity contribution in [3.63, 3.8) is 0 Å². The summed E-state index contributed by atoms with van der Waals surface area (Å²) in [6.45, 7) is 4.14. The van der Waals surface area contributed by atoms with Crippen molar-refractivity contribution < 1.29 is 4.79 Å². The third-order valence-corrected chi connectivity index (χ3v) is 4.52. The van der Waals surface area contributed by atoms with Gasteiger partial charge < -0.3 is 9.80 Å². The number of nitrogens with zero attached hydrogens (tertiary/aromatic N) is 2. The second-order valence-electron chi connectivity index (χ2n) is 5.86. The van der Waals surface area contributed by atoms with E-state index < -0.39 is 0 Å². The largest absolute Gasteiger partial charge is 0.374 e. The number of carbonyl (C=O) groups excluding carboxylic acids is 1. The minimum absolute atomic E-state index is 0.213. The Bertz CT molecular complexity index is 498. The second kappa shape index (κ2) is 4.87. The van der Waals surface area contributed by atoms with Crippen molar-refractivity contribution >= 4 is 11.6 Å². The number of rotatable bonds is 1. The van der Waals surface area contributed by atoms with Crippen LogP contribution in [0.15, 0.2) is 18.2 Å². The summed E-state index contributed by atoms with van der Waals surface area (Å²) in [5.41, 5.74) is 3.46. The Labute approximate surface area is 115 Å². The molecule has 1 saturated heterocycles. The molecule has 2 heterocycles. The minimum Gasteiger partial charge on any atom is -0.374 e. The van der Waals surface area contributed by atoms with Gasteiger partial charge in [-0.1, -0.05) is 0 Å². The Kier molecular flexibility index (Phi) is 3.21. The molecule has 1 aromatic carbocycles. The third-order valence-electron chi connectivity index (χ3n) is 4.52. The van der Waals surface area contributed by atoms with Crippen LogP contribution in [-0.2, 0) is 6.42 Å². The zero-order valence-corrected chi connectivity index (χ0v) is 11.9. The molecule has 0 spiro atoms. The number of fused-ring (bicyclic) bond motifs is 1. The average Bonchev–Trinajstić information content (AvgIpc) is 2.80. The molecule has 19 heavy (non-hydrogen) atoms. The van der Waals surface area contributed by atoms with Crippen molar-refractivity contribution in [3.05, 3.63) is 29.3 Å². The first kappa shape index (κ1) is 12.5. The fourth-order valence-electron chi connectivity index (χ4n) is 3.27. The maximum atomic E-state index is 12.6. The molecule has 2 aliphatic rings. The molecule has 3 heteroatoms. The van der Waals surface area contributed by atoms with Crippen LogP contribution in [0, 0.1) is 0 Å². The van der Waals surface area contributed by atoms with Gasteiger partial charge in [0, 0.05) is 37.4 Å². The van der Waals surface area contributed by atoms with E-state index in [0.29, 0.717) is 6.04 Å². The smallest absolute Gasteiger partial charge is 0.254 e. The van der Waals surface area contributed by atoms with Gasteiger partial charge >= 0.3 is 0 Å². The van der Waals surface area contributed by atoms with E-state index in [1.165, 1.54) is 17.7 Å². The Morgan fingerprint density at radius 2 is 2.11 bits per heavy atom. The van der Waals surface area contributed by atoms with E-state index in [4.69, 9.17) is 0 Å². The van der Waals surface area contributed by atoms with E-state index in [2.05, 4.69) is 31.0 Å². The van der Waals surface area contributed by atoms with Crippen molar-refractivity contribution in [2.75, 3.05) is 25.0 Å². The predicted molar refractivity (Wildman–Crippen MR) is 77.8 cm³/mol. The first-order valence-corrected chi connectivity index (χ1v) is 7.32. The van der Waals surface area contributed by atoms with Crippen LogP contribution in [0.25, 0.3) is 0 Å².